The molecular formula is C9H16N4O2S. The molecule has 90 valence electrons. The Hall–Kier alpha value is -1.08. The Bertz CT molecular complexity index is 324. The molecule has 0 amide bonds. The van der Waals surface area contributed by atoms with E-state index in [0.29, 0.717) is 23.7 Å². The van der Waals surface area contributed by atoms with Gasteiger partial charge in [0.1, 0.15) is 0 Å². The number of nitrogens with one attached hydrogen (secondary N) is 1. The minimum Gasteiger partial charge on any atom is -0.467 e. The quantitative estimate of drug-likeness (QED) is 0.568. The molecule has 0 spiro atoms. The van der Waals surface area contributed by atoms with Crippen LogP contribution in [0.1, 0.15) is 6.92 Å². The van der Waals surface area contributed by atoms with Crippen LogP contribution in [0.15, 0.2) is 5.16 Å². The van der Waals surface area contributed by atoms with E-state index in [1.54, 1.807) is 7.11 Å². The molecule has 0 saturated carbocycles. The van der Waals surface area contributed by atoms with E-state index in [9.17, 15) is 0 Å². The van der Waals surface area contributed by atoms with Gasteiger partial charge in [-0.15, -0.1) is 0 Å². The van der Waals surface area contributed by atoms with Crippen molar-refractivity contribution in [3.63, 3.8) is 0 Å². The molecule has 1 rings (SSSR count). The van der Waals surface area contributed by atoms with Gasteiger partial charge < -0.3 is 14.8 Å². The molecule has 1 aromatic rings. The Morgan fingerprint density at radius 3 is 2.69 bits per heavy atom. The number of anilines is 1. The zero-order valence-electron chi connectivity index (χ0n) is 9.69. The maximum atomic E-state index is 5.00. The van der Waals surface area contributed by atoms with Crippen molar-refractivity contribution < 1.29 is 9.47 Å². The largest absolute Gasteiger partial charge is 0.467 e. The first kappa shape index (κ1) is 13.0. The SMILES string of the molecule is CCNc1nc(OC)nc(SCCOC)n1. The predicted molar refractivity (Wildman–Crippen MR) is 63.1 cm³/mol. The summed E-state index contributed by atoms with van der Waals surface area (Å²) in [5.41, 5.74) is 0. The minimum absolute atomic E-state index is 0.325. The molecule has 1 N–H and O–H groups in total. The Morgan fingerprint density at radius 2 is 2.06 bits per heavy atom. The molecule has 1 heterocycles. The highest BCUT2D eigenvalue weighted by atomic mass is 32.2. The summed E-state index contributed by atoms with van der Waals surface area (Å²) in [5.74, 6) is 1.34. The number of thioether (sulfide) groups is 1. The second-order valence-electron chi connectivity index (χ2n) is 2.80. The van der Waals surface area contributed by atoms with Gasteiger partial charge in [-0.1, -0.05) is 11.8 Å². The van der Waals surface area contributed by atoms with Crippen LogP contribution in [-0.4, -0.2) is 48.1 Å². The molecule has 16 heavy (non-hydrogen) atoms. The van der Waals surface area contributed by atoms with Gasteiger partial charge >= 0.3 is 6.01 Å². The van der Waals surface area contributed by atoms with Crippen LogP contribution < -0.4 is 10.1 Å². The monoisotopic (exact) mass is 244 g/mol. The van der Waals surface area contributed by atoms with Crippen LogP contribution >= 0.6 is 11.8 Å². The number of ether oxygens (including phenoxy) is 2. The molecule has 0 radical (unpaired) electrons. The lowest BCUT2D eigenvalue weighted by Crippen LogP contribution is -2.06. The highest BCUT2D eigenvalue weighted by Crippen LogP contribution is 2.16. The second kappa shape index (κ2) is 7.24. The summed E-state index contributed by atoms with van der Waals surface area (Å²) < 4.78 is 9.96. The number of aromatic nitrogens is 3. The first-order valence-corrected chi connectivity index (χ1v) is 5.94. The first-order valence-electron chi connectivity index (χ1n) is 4.95. The topological polar surface area (TPSA) is 69.2 Å². The normalized spacial score (nSPS) is 10.2. The summed E-state index contributed by atoms with van der Waals surface area (Å²) in [6.45, 7) is 3.40. The van der Waals surface area contributed by atoms with Gasteiger partial charge in [0.2, 0.25) is 5.95 Å². The maximum absolute atomic E-state index is 5.00. The van der Waals surface area contributed by atoms with Gasteiger partial charge in [-0.05, 0) is 6.92 Å². The Labute approximate surface area is 99.2 Å². The molecule has 0 atom stereocenters. The van der Waals surface area contributed by atoms with Crippen molar-refractivity contribution in [3.8, 4) is 6.01 Å². The van der Waals surface area contributed by atoms with Crippen LogP contribution in [0.4, 0.5) is 5.95 Å². The summed E-state index contributed by atoms with van der Waals surface area (Å²) >= 11 is 1.51. The fraction of sp³-hybridized carbons (Fsp3) is 0.667. The van der Waals surface area contributed by atoms with Gasteiger partial charge in [-0.25, -0.2) is 0 Å². The molecule has 0 aliphatic carbocycles. The van der Waals surface area contributed by atoms with E-state index in [1.807, 2.05) is 6.92 Å². The molecule has 0 aliphatic heterocycles. The number of hydrogen-bond acceptors (Lipinski definition) is 7. The van der Waals surface area contributed by atoms with Gasteiger partial charge in [0.05, 0.1) is 13.7 Å². The van der Waals surface area contributed by atoms with Crippen LogP contribution in [0, 0.1) is 0 Å². The van der Waals surface area contributed by atoms with Crippen molar-refractivity contribution in [2.45, 2.75) is 12.1 Å². The van der Waals surface area contributed by atoms with Crippen LogP contribution in [0.5, 0.6) is 6.01 Å². The number of nitrogens with zero attached hydrogens (tertiary/aromatic N) is 3. The molecule has 0 aliphatic rings. The third-order valence-electron chi connectivity index (χ3n) is 1.63. The predicted octanol–water partition coefficient (Wildman–Crippen LogP) is 1.05. The van der Waals surface area contributed by atoms with Crippen molar-refractivity contribution in [1.29, 1.82) is 0 Å². The summed E-state index contributed by atoms with van der Waals surface area (Å²) in [7, 11) is 3.20. The van der Waals surface area contributed by atoms with Gasteiger partial charge in [-0.2, -0.15) is 15.0 Å². The Balaban J connectivity index is 2.69. The Morgan fingerprint density at radius 1 is 1.25 bits per heavy atom. The highest BCUT2D eigenvalue weighted by molar-refractivity contribution is 7.99. The van der Waals surface area contributed by atoms with Gasteiger partial charge in [-0.3, -0.25) is 0 Å². The smallest absolute Gasteiger partial charge is 0.321 e. The molecule has 6 nitrogen and oxygen atoms in total. The average molecular weight is 244 g/mol. The van der Waals surface area contributed by atoms with E-state index in [1.165, 1.54) is 18.9 Å². The molecule has 0 unspecified atom stereocenters. The van der Waals surface area contributed by atoms with E-state index in [0.717, 1.165) is 12.3 Å². The van der Waals surface area contributed by atoms with E-state index in [-0.39, 0.29) is 0 Å². The molecular weight excluding hydrogens is 228 g/mol. The number of hydrogen-bond donors (Lipinski definition) is 1. The molecule has 0 fully saturated rings. The lowest BCUT2D eigenvalue weighted by Gasteiger charge is -2.05. The zero-order chi connectivity index (χ0) is 11.8. The third kappa shape index (κ3) is 4.19. The third-order valence-corrected chi connectivity index (χ3v) is 2.44. The van der Waals surface area contributed by atoms with Crippen LogP contribution in [0.25, 0.3) is 0 Å². The van der Waals surface area contributed by atoms with E-state index in [2.05, 4.69) is 20.3 Å². The van der Waals surface area contributed by atoms with Crippen molar-refractivity contribution in [3.05, 3.63) is 0 Å². The molecule has 1 aromatic heterocycles. The first-order chi connectivity index (χ1) is 7.80. The van der Waals surface area contributed by atoms with Gasteiger partial charge in [0, 0.05) is 19.4 Å². The molecule has 0 bridgehead atoms. The van der Waals surface area contributed by atoms with E-state index >= 15 is 0 Å². The number of methoxy groups -OCH3 is 2. The maximum Gasteiger partial charge on any atom is 0.321 e. The van der Waals surface area contributed by atoms with Crippen molar-refractivity contribution in [2.75, 3.05) is 38.4 Å². The number of rotatable bonds is 7. The molecule has 7 heteroatoms. The Kier molecular flexibility index (Phi) is 5.87. The van der Waals surface area contributed by atoms with Crippen LogP contribution in [0.3, 0.4) is 0 Å². The summed E-state index contributed by atoms with van der Waals surface area (Å²) in [6.07, 6.45) is 0. The van der Waals surface area contributed by atoms with Crippen molar-refractivity contribution in [2.24, 2.45) is 0 Å². The standard InChI is InChI=1S/C9H16N4O2S/c1-4-10-7-11-8(15-3)13-9(12-7)16-6-5-14-2/h4-6H2,1-3H3,(H,10,11,12,13). The highest BCUT2D eigenvalue weighted by Gasteiger charge is 2.06. The van der Waals surface area contributed by atoms with Crippen LogP contribution in [-0.2, 0) is 4.74 Å². The summed E-state index contributed by atoms with van der Waals surface area (Å²) in [5, 5.41) is 3.66. The average Bonchev–Trinajstić information content (AvgIpc) is 2.29. The second-order valence-corrected chi connectivity index (χ2v) is 3.86. The zero-order valence-corrected chi connectivity index (χ0v) is 10.5. The van der Waals surface area contributed by atoms with Crippen molar-refractivity contribution in [1.82, 2.24) is 15.0 Å². The van der Waals surface area contributed by atoms with Crippen LogP contribution in [0.2, 0.25) is 0 Å². The van der Waals surface area contributed by atoms with E-state index < -0.39 is 0 Å². The molecule has 0 saturated heterocycles. The lowest BCUT2D eigenvalue weighted by molar-refractivity contribution is 0.218. The summed E-state index contributed by atoms with van der Waals surface area (Å²) in [4.78, 5) is 12.4. The fourth-order valence-electron chi connectivity index (χ4n) is 0.947. The minimum atomic E-state index is 0.325. The van der Waals surface area contributed by atoms with Crippen molar-refractivity contribution >= 4 is 17.7 Å². The fourth-order valence-corrected chi connectivity index (χ4v) is 1.67. The van der Waals surface area contributed by atoms with Gasteiger partial charge in [0.15, 0.2) is 5.16 Å². The van der Waals surface area contributed by atoms with E-state index in [4.69, 9.17) is 9.47 Å². The lowest BCUT2D eigenvalue weighted by atomic mass is 10.7. The molecule has 0 aromatic carbocycles. The summed E-state index contributed by atoms with van der Waals surface area (Å²) in [6, 6.07) is 0.325. The van der Waals surface area contributed by atoms with Gasteiger partial charge in [0.25, 0.3) is 0 Å².